The molecule has 0 bridgehead atoms. The number of aromatic nitrogens is 4. The van der Waals surface area contributed by atoms with Gasteiger partial charge in [0.2, 0.25) is 5.95 Å². The Balaban J connectivity index is 1.62. The maximum atomic E-state index is 9.50. The smallest absolute Gasteiger partial charge is 0.222 e. The van der Waals surface area contributed by atoms with Crippen molar-refractivity contribution < 1.29 is 9.84 Å². The molecule has 5 N–H and O–H groups in total. The number of piperazine rings is 1. The average molecular weight is 497 g/mol. The number of aliphatic hydroxyl groups excluding tert-OH is 1. The molecule has 10 heteroatoms. The van der Waals surface area contributed by atoms with Crippen molar-refractivity contribution in [3.05, 3.63) is 35.5 Å². The van der Waals surface area contributed by atoms with Crippen LogP contribution in [0.3, 0.4) is 0 Å². The Bertz CT molecular complexity index is 1140. The molecule has 1 fully saturated rings. The van der Waals surface area contributed by atoms with E-state index in [-0.39, 0.29) is 24.6 Å². The highest BCUT2D eigenvalue weighted by atomic mass is 16.5. The molecule has 10 nitrogen and oxygen atoms in total. The molecule has 3 aromatic rings. The minimum atomic E-state index is 0.0862. The predicted molar refractivity (Wildman–Crippen MR) is 143 cm³/mol. The number of rotatable bonds is 11. The molecule has 2 atom stereocenters. The molecule has 0 radical (unpaired) electrons. The zero-order valence-electron chi connectivity index (χ0n) is 21.9. The molecule has 1 aliphatic rings. The second kappa shape index (κ2) is 11.9. The number of nitrogen functional groups attached to an aromatic ring is 1. The molecule has 196 valence electrons. The number of hydrogen-bond acceptors (Lipinski definition) is 9. The summed E-state index contributed by atoms with van der Waals surface area (Å²) in [5.41, 5.74) is 9.70. The number of nitrogens with zero attached hydrogens (tertiary/aromatic N) is 5. The zero-order chi connectivity index (χ0) is 25.7. The number of hydrogen-bond donors (Lipinski definition) is 4. The Hall–Kier alpha value is -2.95. The summed E-state index contributed by atoms with van der Waals surface area (Å²) in [4.78, 5) is 11.4. The van der Waals surface area contributed by atoms with Crippen molar-refractivity contribution >= 4 is 22.8 Å². The Morgan fingerprint density at radius 3 is 2.83 bits per heavy atom. The predicted octanol–water partition coefficient (Wildman–Crippen LogP) is 2.78. The van der Waals surface area contributed by atoms with E-state index in [0.29, 0.717) is 30.3 Å². The van der Waals surface area contributed by atoms with Crippen molar-refractivity contribution in [2.75, 3.05) is 44.4 Å². The van der Waals surface area contributed by atoms with Gasteiger partial charge >= 0.3 is 0 Å². The highest BCUT2D eigenvalue weighted by Crippen LogP contribution is 2.29. The Morgan fingerprint density at radius 1 is 1.28 bits per heavy atom. The normalized spacial score (nSPS) is 17.6. The number of ether oxygens (including phenoxy) is 1. The lowest BCUT2D eigenvalue weighted by Gasteiger charge is -2.36. The maximum absolute atomic E-state index is 9.50. The quantitative estimate of drug-likeness (QED) is 0.317. The first kappa shape index (κ1) is 26.1. The van der Waals surface area contributed by atoms with E-state index >= 15 is 0 Å². The van der Waals surface area contributed by atoms with Gasteiger partial charge in [0.15, 0.2) is 5.82 Å². The first-order chi connectivity index (χ1) is 17.4. The van der Waals surface area contributed by atoms with E-state index in [1.807, 2.05) is 4.68 Å². The van der Waals surface area contributed by atoms with Crippen LogP contribution < -0.4 is 21.1 Å². The lowest BCUT2D eigenvalue weighted by Crippen LogP contribution is -2.48. The fourth-order valence-electron chi connectivity index (χ4n) is 4.96. The van der Waals surface area contributed by atoms with Crippen LogP contribution in [0.15, 0.2) is 24.4 Å². The number of fused-ring (bicyclic) bond motifs is 1. The van der Waals surface area contributed by atoms with Crippen molar-refractivity contribution in [2.45, 2.75) is 64.7 Å². The molecule has 1 aliphatic heterocycles. The number of benzene rings is 1. The lowest BCUT2D eigenvalue weighted by molar-refractivity contribution is 0.162. The van der Waals surface area contributed by atoms with E-state index in [1.54, 1.807) is 13.3 Å². The molecule has 1 unspecified atom stereocenters. The van der Waals surface area contributed by atoms with Crippen LogP contribution >= 0.6 is 0 Å². The summed E-state index contributed by atoms with van der Waals surface area (Å²) in [6.07, 6.45) is 4.26. The fourth-order valence-corrected chi connectivity index (χ4v) is 4.96. The molecule has 3 heterocycles. The molecule has 0 amide bonds. The number of anilines is 2. The third-order valence-corrected chi connectivity index (χ3v) is 6.93. The van der Waals surface area contributed by atoms with Gasteiger partial charge in [-0.25, -0.2) is 4.98 Å². The summed E-state index contributed by atoms with van der Waals surface area (Å²) < 4.78 is 7.70. The van der Waals surface area contributed by atoms with E-state index < -0.39 is 0 Å². The SMILES string of the molecule is CCC[C@@H](CCO)Nc1nc(N)nc2cnn(Cc3ccc(C4CN(C(C)C)CCN4)cc3OC)c12. The van der Waals surface area contributed by atoms with Gasteiger partial charge in [0.25, 0.3) is 0 Å². The Labute approximate surface area is 213 Å². The second-order valence-electron chi connectivity index (χ2n) is 9.78. The lowest BCUT2D eigenvalue weighted by atomic mass is 10.0. The van der Waals surface area contributed by atoms with Gasteiger partial charge in [0.05, 0.1) is 19.9 Å². The second-order valence-corrected chi connectivity index (χ2v) is 9.78. The Kier molecular flexibility index (Phi) is 8.60. The van der Waals surface area contributed by atoms with Crippen molar-refractivity contribution in [1.82, 2.24) is 30.0 Å². The van der Waals surface area contributed by atoms with E-state index in [4.69, 9.17) is 10.5 Å². The van der Waals surface area contributed by atoms with Gasteiger partial charge in [-0.1, -0.05) is 25.5 Å². The van der Waals surface area contributed by atoms with Crippen LogP contribution in [0, 0.1) is 0 Å². The molecule has 0 aliphatic carbocycles. The topological polar surface area (TPSA) is 126 Å². The largest absolute Gasteiger partial charge is 0.496 e. The van der Waals surface area contributed by atoms with Crippen LogP contribution in [0.1, 0.15) is 57.2 Å². The number of nitrogens with one attached hydrogen (secondary N) is 2. The van der Waals surface area contributed by atoms with Gasteiger partial charge in [0, 0.05) is 49.9 Å². The van der Waals surface area contributed by atoms with Gasteiger partial charge in [-0.2, -0.15) is 10.1 Å². The van der Waals surface area contributed by atoms with E-state index in [1.165, 1.54) is 5.56 Å². The van der Waals surface area contributed by atoms with Crippen LogP contribution in [0.2, 0.25) is 0 Å². The van der Waals surface area contributed by atoms with Crippen LogP contribution in [-0.4, -0.2) is 75.2 Å². The number of nitrogens with two attached hydrogens (primary N) is 1. The van der Waals surface area contributed by atoms with E-state index in [0.717, 1.165) is 49.3 Å². The van der Waals surface area contributed by atoms with Crippen molar-refractivity contribution in [3.63, 3.8) is 0 Å². The third kappa shape index (κ3) is 5.88. The first-order valence-corrected chi connectivity index (χ1v) is 12.9. The summed E-state index contributed by atoms with van der Waals surface area (Å²) in [6.45, 7) is 10.2. The van der Waals surface area contributed by atoms with Crippen LogP contribution in [-0.2, 0) is 6.54 Å². The number of aliphatic hydroxyl groups is 1. The van der Waals surface area contributed by atoms with Gasteiger partial charge < -0.3 is 26.2 Å². The number of methoxy groups -OCH3 is 1. The van der Waals surface area contributed by atoms with Crippen molar-refractivity contribution in [3.8, 4) is 5.75 Å². The minimum Gasteiger partial charge on any atom is -0.496 e. The molecular weight excluding hydrogens is 456 g/mol. The molecular formula is C26H40N8O2. The summed E-state index contributed by atoms with van der Waals surface area (Å²) in [5.74, 6) is 1.66. The molecule has 4 rings (SSSR count). The van der Waals surface area contributed by atoms with Crippen molar-refractivity contribution in [2.24, 2.45) is 0 Å². The fraction of sp³-hybridized carbons (Fsp3) is 0.577. The Morgan fingerprint density at radius 2 is 2.11 bits per heavy atom. The summed E-state index contributed by atoms with van der Waals surface area (Å²) >= 11 is 0. The first-order valence-electron chi connectivity index (χ1n) is 12.9. The van der Waals surface area contributed by atoms with Crippen LogP contribution in [0.5, 0.6) is 5.75 Å². The highest BCUT2D eigenvalue weighted by molar-refractivity contribution is 5.86. The van der Waals surface area contributed by atoms with Crippen LogP contribution in [0.4, 0.5) is 11.8 Å². The van der Waals surface area contributed by atoms with E-state index in [9.17, 15) is 5.11 Å². The van der Waals surface area contributed by atoms with Gasteiger partial charge in [-0.3, -0.25) is 9.58 Å². The monoisotopic (exact) mass is 496 g/mol. The highest BCUT2D eigenvalue weighted by Gasteiger charge is 2.23. The molecule has 0 spiro atoms. The van der Waals surface area contributed by atoms with Gasteiger partial charge in [-0.15, -0.1) is 0 Å². The summed E-state index contributed by atoms with van der Waals surface area (Å²) in [5, 5.41) is 21.2. The minimum absolute atomic E-state index is 0.0862. The van der Waals surface area contributed by atoms with E-state index in [2.05, 4.69) is 69.6 Å². The molecule has 1 saturated heterocycles. The van der Waals surface area contributed by atoms with Gasteiger partial charge in [-0.05, 0) is 38.3 Å². The molecule has 36 heavy (non-hydrogen) atoms. The van der Waals surface area contributed by atoms with Crippen LogP contribution in [0.25, 0.3) is 11.0 Å². The standard InChI is InChI=1S/C26H40N8O2/c1-5-6-20(9-12-35)30-25-24-21(31-26(27)32-25)14-29-34(24)15-19-8-7-18(13-23(19)36-4)22-16-33(17(2)3)11-10-28-22/h7-8,13-14,17,20,22,28,35H,5-6,9-12,15-16H2,1-4H3,(H3,27,30,31,32)/t20-,22?/m0/s1. The summed E-state index contributed by atoms with van der Waals surface area (Å²) in [7, 11) is 1.71. The zero-order valence-corrected chi connectivity index (χ0v) is 21.9. The summed E-state index contributed by atoms with van der Waals surface area (Å²) in [6, 6.07) is 7.31. The van der Waals surface area contributed by atoms with Crippen molar-refractivity contribution in [1.29, 1.82) is 0 Å². The average Bonchev–Trinajstić information content (AvgIpc) is 3.27. The molecule has 2 aromatic heterocycles. The molecule has 1 aromatic carbocycles. The van der Waals surface area contributed by atoms with Gasteiger partial charge in [0.1, 0.15) is 16.8 Å². The third-order valence-electron chi connectivity index (χ3n) is 6.93. The molecule has 0 saturated carbocycles. The maximum Gasteiger partial charge on any atom is 0.222 e.